The Morgan fingerprint density at radius 3 is 2.85 bits per heavy atom. The average molecular weight is 361 g/mol. The van der Waals surface area contributed by atoms with Crippen molar-refractivity contribution < 1.29 is 4.79 Å². The highest BCUT2D eigenvalue weighted by Crippen LogP contribution is 2.38. The molecule has 0 unspecified atom stereocenters. The van der Waals surface area contributed by atoms with Crippen molar-refractivity contribution in [2.24, 2.45) is 0 Å². The zero-order valence-corrected chi connectivity index (χ0v) is 15.7. The first-order valence-electron chi connectivity index (χ1n) is 8.81. The van der Waals surface area contributed by atoms with Crippen molar-refractivity contribution in [1.82, 2.24) is 4.98 Å². The van der Waals surface area contributed by atoms with Gasteiger partial charge >= 0.3 is 0 Å². The number of hydrogen-bond acceptors (Lipinski definition) is 4. The Hall–Kier alpha value is -2.71. The zero-order valence-electron chi connectivity index (χ0n) is 14.8. The number of fused-ring (bicyclic) bond motifs is 2. The molecular weight excluding hydrogens is 342 g/mol. The summed E-state index contributed by atoms with van der Waals surface area (Å²) in [6, 6.07) is 10.0. The van der Waals surface area contributed by atoms with Gasteiger partial charge in [0.05, 0.1) is 16.6 Å². The van der Waals surface area contributed by atoms with Gasteiger partial charge in [-0.25, -0.2) is 0 Å². The highest BCUT2D eigenvalue weighted by atomic mass is 32.1. The summed E-state index contributed by atoms with van der Waals surface area (Å²) >= 11 is 1.55. The first-order chi connectivity index (χ1) is 12.6. The topological polar surface area (TPSA) is 65.8 Å². The largest absolute Gasteiger partial charge is 0.312 e. The second-order valence-electron chi connectivity index (χ2n) is 6.81. The van der Waals surface area contributed by atoms with Gasteiger partial charge in [-0.15, -0.1) is 11.3 Å². The summed E-state index contributed by atoms with van der Waals surface area (Å²) < 4.78 is 0. The van der Waals surface area contributed by atoms with Gasteiger partial charge in [0.1, 0.15) is 11.1 Å². The summed E-state index contributed by atoms with van der Waals surface area (Å²) in [5, 5.41) is 14.1. The number of nitrogens with one attached hydrogen (secondary N) is 1. The molecule has 0 saturated heterocycles. The van der Waals surface area contributed by atoms with Crippen molar-refractivity contribution in [1.29, 1.82) is 5.26 Å². The van der Waals surface area contributed by atoms with Crippen LogP contribution >= 0.6 is 11.3 Å². The van der Waals surface area contributed by atoms with Gasteiger partial charge in [0.2, 0.25) is 0 Å². The molecule has 0 aliphatic heterocycles. The predicted octanol–water partition coefficient (Wildman–Crippen LogP) is 4.92. The number of carbonyl (C=O) groups excluding carboxylic acids is 1. The van der Waals surface area contributed by atoms with Crippen LogP contribution in [0.5, 0.6) is 0 Å². The maximum atomic E-state index is 13.0. The minimum atomic E-state index is -0.179. The third-order valence-electron chi connectivity index (χ3n) is 4.85. The maximum Gasteiger partial charge on any atom is 0.257 e. The van der Waals surface area contributed by atoms with Crippen LogP contribution < -0.4 is 5.32 Å². The SMILES string of the molecule is Cc1ccc2nc(C)cc(C(=O)Nc3sc4c(c3C#N)CCCC4)c2c1. The molecule has 0 atom stereocenters. The van der Waals surface area contributed by atoms with Crippen molar-refractivity contribution in [2.75, 3.05) is 5.32 Å². The van der Waals surface area contributed by atoms with E-state index >= 15 is 0 Å². The van der Waals surface area contributed by atoms with Crippen LogP contribution in [0.3, 0.4) is 0 Å². The Morgan fingerprint density at radius 1 is 1.23 bits per heavy atom. The van der Waals surface area contributed by atoms with E-state index in [1.54, 1.807) is 11.3 Å². The Bertz CT molecular complexity index is 1080. The van der Waals surface area contributed by atoms with Crippen LogP contribution in [0.25, 0.3) is 10.9 Å². The van der Waals surface area contributed by atoms with Gasteiger partial charge in [-0.3, -0.25) is 9.78 Å². The summed E-state index contributed by atoms with van der Waals surface area (Å²) in [7, 11) is 0. The Labute approximate surface area is 156 Å². The van der Waals surface area contributed by atoms with E-state index in [1.165, 1.54) is 4.88 Å². The van der Waals surface area contributed by atoms with Crippen molar-refractivity contribution >= 4 is 33.1 Å². The number of benzene rings is 1. The molecule has 2 aromatic heterocycles. The van der Waals surface area contributed by atoms with Gasteiger partial charge in [-0.1, -0.05) is 11.6 Å². The fourth-order valence-electron chi connectivity index (χ4n) is 3.60. The number of rotatable bonds is 2. The first kappa shape index (κ1) is 16.7. The summed E-state index contributed by atoms with van der Waals surface area (Å²) in [5.74, 6) is -0.179. The number of nitrogens with zero attached hydrogens (tertiary/aromatic N) is 2. The number of nitriles is 1. The van der Waals surface area contributed by atoms with Crippen LogP contribution in [0.2, 0.25) is 0 Å². The van der Waals surface area contributed by atoms with E-state index in [-0.39, 0.29) is 5.91 Å². The number of hydrogen-bond donors (Lipinski definition) is 1. The van der Waals surface area contributed by atoms with E-state index < -0.39 is 0 Å². The summed E-state index contributed by atoms with van der Waals surface area (Å²) in [5.41, 5.74) is 5.08. The van der Waals surface area contributed by atoms with Crippen LogP contribution in [-0.4, -0.2) is 10.9 Å². The molecule has 0 spiro atoms. The Kier molecular flexibility index (Phi) is 4.21. The number of aromatic nitrogens is 1. The van der Waals surface area contributed by atoms with E-state index in [4.69, 9.17) is 0 Å². The van der Waals surface area contributed by atoms with Crippen molar-refractivity contribution in [3.8, 4) is 6.07 Å². The molecule has 0 bridgehead atoms. The van der Waals surface area contributed by atoms with E-state index in [0.717, 1.165) is 53.4 Å². The zero-order chi connectivity index (χ0) is 18.3. The minimum Gasteiger partial charge on any atom is -0.312 e. The number of pyridine rings is 1. The fraction of sp³-hybridized carbons (Fsp3) is 0.286. The van der Waals surface area contributed by atoms with E-state index in [2.05, 4.69) is 16.4 Å². The van der Waals surface area contributed by atoms with Gasteiger partial charge in [-0.05, 0) is 63.3 Å². The molecule has 130 valence electrons. The molecule has 1 N–H and O–H groups in total. The Balaban J connectivity index is 1.76. The molecule has 5 heteroatoms. The molecule has 1 amide bonds. The lowest BCUT2D eigenvalue weighted by atomic mass is 9.96. The monoisotopic (exact) mass is 361 g/mol. The quantitative estimate of drug-likeness (QED) is 0.705. The molecule has 1 aliphatic rings. The van der Waals surface area contributed by atoms with Crippen molar-refractivity contribution in [2.45, 2.75) is 39.5 Å². The molecule has 1 aromatic carbocycles. The van der Waals surface area contributed by atoms with Crippen molar-refractivity contribution in [3.63, 3.8) is 0 Å². The van der Waals surface area contributed by atoms with Crippen LogP contribution in [-0.2, 0) is 12.8 Å². The normalized spacial score (nSPS) is 13.3. The van der Waals surface area contributed by atoms with Gasteiger partial charge in [0.15, 0.2) is 0 Å². The molecule has 0 radical (unpaired) electrons. The predicted molar refractivity (Wildman–Crippen MR) is 105 cm³/mol. The molecule has 0 fully saturated rings. The number of amides is 1. The van der Waals surface area contributed by atoms with Crippen molar-refractivity contribution in [3.05, 3.63) is 57.1 Å². The molecule has 0 saturated carbocycles. The second kappa shape index (κ2) is 6.54. The van der Waals surface area contributed by atoms with Gasteiger partial charge in [0.25, 0.3) is 5.91 Å². The van der Waals surface area contributed by atoms with Gasteiger partial charge in [-0.2, -0.15) is 5.26 Å². The smallest absolute Gasteiger partial charge is 0.257 e. The number of anilines is 1. The van der Waals surface area contributed by atoms with Gasteiger partial charge < -0.3 is 5.32 Å². The first-order valence-corrected chi connectivity index (χ1v) is 9.62. The summed E-state index contributed by atoms with van der Waals surface area (Å²) in [4.78, 5) is 18.8. The molecule has 4 nitrogen and oxygen atoms in total. The minimum absolute atomic E-state index is 0.179. The highest BCUT2D eigenvalue weighted by Gasteiger charge is 2.22. The molecule has 26 heavy (non-hydrogen) atoms. The second-order valence-corrected chi connectivity index (χ2v) is 7.92. The third-order valence-corrected chi connectivity index (χ3v) is 6.05. The van der Waals surface area contributed by atoms with Crippen LogP contribution in [0.4, 0.5) is 5.00 Å². The van der Waals surface area contributed by atoms with Crippen LogP contribution in [0.15, 0.2) is 24.3 Å². The number of carbonyl (C=O) groups is 1. The number of aryl methyl sites for hydroxylation is 3. The third kappa shape index (κ3) is 2.87. The summed E-state index contributed by atoms with van der Waals surface area (Å²) in [6.07, 6.45) is 4.20. The van der Waals surface area contributed by atoms with Gasteiger partial charge in [0, 0.05) is 16.0 Å². The highest BCUT2D eigenvalue weighted by molar-refractivity contribution is 7.16. The molecular formula is C21H19N3OS. The lowest BCUT2D eigenvalue weighted by molar-refractivity contribution is 0.102. The van der Waals surface area contributed by atoms with Crippen LogP contribution in [0.1, 0.15) is 50.5 Å². The Morgan fingerprint density at radius 2 is 2.04 bits per heavy atom. The lowest BCUT2D eigenvalue weighted by Crippen LogP contribution is -2.13. The lowest BCUT2D eigenvalue weighted by Gasteiger charge is -2.10. The summed E-state index contributed by atoms with van der Waals surface area (Å²) in [6.45, 7) is 3.89. The molecule has 2 heterocycles. The van der Waals surface area contributed by atoms with E-state index in [9.17, 15) is 10.1 Å². The van der Waals surface area contributed by atoms with E-state index in [1.807, 2.05) is 38.1 Å². The van der Waals surface area contributed by atoms with Crippen LogP contribution in [0, 0.1) is 25.2 Å². The average Bonchev–Trinajstić information content (AvgIpc) is 2.98. The molecule has 3 aromatic rings. The van der Waals surface area contributed by atoms with E-state index in [0.29, 0.717) is 16.1 Å². The number of thiophene rings is 1. The standard InChI is InChI=1S/C21H19N3OS/c1-12-7-8-18-15(9-12)16(10-13(2)23-18)20(25)24-21-17(11-22)14-5-3-4-6-19(14)26-21/h7-10H,3-6H2,1-2H3,(H,24,25). The maximum absolute atomic E-state index is 13.0. The molecule has 1 aliphatic carbocycles. The molecule has 4 rings (SSSR count). The fourth-order valence-corrected chi connectivity index (χ4v) is 4.84.